The summed E-state index contributed by atoms with van der Waals surface area (Å²) in [6.07, 6.45) is 1.07. The Balaban J connectivity index is 1.42. The molecular weight excluding hydrogens is 352 g/mol. The van der Waals surface area contributed by atoms with E-state index in [4.69, 9.17) is 9.26 Å². The molecule has 2 aromatic carbocycles. The molecule has 0 spiro atoms. The normalized spacial score (nSPS) is 17.7. The SMILES string of the molecule is COc1ccc2onc(N(C)CCN3CCNCC3Cc3ccccc3)c2c1. The molecule has 3 aromatic rings. The van der Waals surface area contributed by atoms with E-state index in [9.17, 15) is 0 Å². The number of ether oxygens (including phenoxy) is 1. The van der Waals surface area contributed by atoms with Crippen LogP contribution in [-0.4, -0.2) is 63.0 Å². The molecule has 1 fully saturated rings. The fraction of sp³-hybridized carbons (Fsp3) is 0.409. The molecule has 1 saturated heterocycles. The van der Waals surface area contributed by atoms with Crippen molar-refractivity contribution >= 4 is 16.8 Å². The van der Waals surface area contributed by atoms with Gasteiger partial charge in [-0.05, 0) is 30.2 Å². The topological polar surface area (TPSA) is 53.8 Å². The van der Waals surface area contributed by atoms with E-state index < -0.39 is 0 Å². The second-order valence-corrected chi connectivity index (χ2v) is 7.37. The van der Waals surface area contributed by atoms with Gasteiger partial charge >= 0.3 is 0 Å². The number of nitrogens with zero attached hydrogens (tertiary/aromatic N) is 3. The van der Waals surface area contributed by atoms with E-state index in [-0.39, 0.29) is 0 Å². The van der Waals surface area contributed by atoms with E-state index in [2.05, 4.69) is 57.7 Å². The Labute approximate surface area is 166 Å². The molecule has 0 radical (unpaired) electrons. The van der Waals surface area contributed by atoms with Gasteiger partial charge in [-0.3, -0.25) is 4.90 Å². The molecule has 28 heavy (non-hydrogen) atoms. The lowest BCUT2D eigenvalue weighted by molar-refractivity contribution is 0.164. The largest absolute Gasteiger partial charge is 0.497 e. The highest BCUT2D eigenvalue weighted by atomic mass is 16.5. The summed E-state index contributed by atoms with van der Waals surface area (Å²) in [6.45, 7) is 5.03. The molecule has 1 aliphatic heterocycles. The van der Waals surface area contributed by atoms with Crippen molar-refractivity contribution in [3.05, 3.63) is 54.1 Å². The van der Waals surface area contributed by atoms with Gasteiger partial charge < -0.3 is 19.5 Å². The van der Waals surface area contributed by atoms with Crippen molar-refractivity contribution in [3.63, 3.8) is 0 Å². The molecule has 0 aliphatic carbocycles. The highest BCUT2D eigenvalue weighted by Crippen LogP contribution is 2.29. The van der Waals surface area contributed by atoms with Crippen molar-refractivity contribution in [3.8, 4) is 5.75 Å². The third-order valence-corrected chi connectivity index (χ3v) is 5.53. The number of likely N-dealkylation sites (N-methyl/N-ethyl adjacent to an activating group) is 1. The predicted octanol–water partition coefficient (Wildman–Crippen LogP) is 2.79. The van der Waals surface area contributed by atoms with Crippen LogP contribution in [0.1, 0.15) is 5.56 Å². The van der Waals surface area contributed by atoms with Gasteiger partial charge in [-0.2, -0.15) is 0 Å². The number of aromatic nitrogens is 1. The maximum atomic E-state index is 5.49. The molecule has 6 nitrogen and oxygen atoms in total. The molecule has 1 aliphatic rings. The van der Waals surface area contributed by atoms with Crippen LogP contribution in [0, 0.1) is 0 Å². The Bertz CT molecular complexity index is 896. The number of fused-ring (bicyclic) bond motifs is 1. The van der Waals surface area contributed by atoms with Gasteiger partial charge in [0.25, 0.3) is 0 Å². The summed E-state index contributed by atoms with van der Waals surface area (Å²) in [7, 11) is 3.75. The van der Waals surface area contributed by atoms with Crippen molar-refractivity contribution in [2.45, 2.75) is 12.5 Å². The lowest BCUT2D eigenvalue weighted by Gasteiger charge is -2.37. The van der Waals surface area contributed by atoms with E-state index in [1.54, 1.807) is 7.11 Å². The number of methoxy groups -OCH3 is 1. The van der Waals surface area contributed by atoms with Crippen LogP contribution in [0.15, 0.2) is 53.1 Å². The van der Waals surface area contributed by atoms with Crippen molar-refractivity contribution in [2.75, 3.05) is 51.8 Å². The number of hydrogen-bond donors (Lipinski definition) is 1. The van der Waals surface area contributed by atoms with E-state index >= 15 is 0 Å². The van der Waals surface area contributed by atoms with E-state index in [0.29, 0.717) is 6.04 Å². The van der Waals surface area contributed by atoms with E-state index in [1.807, 2.05) is 18.2 Å². The molecule has 4 rings (SSSR count). The first-order valence-corrected chi connectivity index (χ1v) is 9.88. The Kier molecular flexibility index (Phi) is 5.78. The van der Waals surface area contributed by atoms with Crippen molar-refractivity contribution < 1.29 is 9.26 Å². The van der Waals surface area contributed by atoms with Crippen molar-refractivity contribution in [1.82, 2.24) is 15.4 Å². The highest BCUT2D eigenvalue weighted by molar-refractivity contribution is 5.89. The van der Waals surface area contributed by atoms with Crippen LogP contribution in [0.4, 0.5) is 5.82 Å². The van der Waals surface area contributed by atoms with Gasteiger partial charge in [-0.1, -0.05) is 35.5 Å². The van der Waals surface area contributed by atoms with Crippen LogP contribution in [0.3, 0.4) is 0 Å². The van der Waals surface area contributed by atoms with Crippen LogP contribution in [0.5, 0.6) is 5.75 Å². The molecule has 0 bridgehead atoms. The number of nitrogens with one attached hydrogen (secondary N) is 1. The molecular formula is C22H28N4O2. The minimum atomic E-state index is 0.513. The van der Waals surface area contributed by atoms with Crippen LogP contribution in [-0.2, 0) is 6.42 Å². The second kappa shape index (κ2) is 8.63. The van der Waals surface area contributed by atoms with Gasteiger partial charge in [0.2, 0.25) is 0 Å². The Morgan fingerprint density at radius 1 is 1.25 bits per heavy atom. The molecule has 2 heterocycles. The number of hydrogen-bond acceptors (Lipinski definition) is 6. The summed E-state index contributed by atoms with van der Waals surface area (Å²) < 4.78 is 10.8. The smallest absolute Gasteiger partial charge is 0.179 e. The Morgan fingerprint density at radius 3 is 2.93 bits per heavy atom. The zero-order valence-electron chi connectivity index (χ0n) is 16.6. The zero-order valence-corrected chi connectivity index (χ0v) is 16.6. The molecule has 0 amide bonds. The summed E-state index contributed by atoms with van der Waals surface area (Å²) in [4.78, 5) is 4.76. The number of anilines is 1. The van der Waals surface area contributed by atoms with Crippen molar-refractivity contribution in [1.29, 1.82) is 0 Å². The Morgan fingerprint density at radius 2 is 2.11 bits per heavy atom. The number of piperazine rings is 1. The molecule has 0 saturated carbocycles. The van der Waals surface area contributed by atoms with Crippen LogP contribution >= 0.6 is 0 Å². The van der Waals surface area contributed by atoms with Gasteiger partial charge in [0.15, 0.2) is 11.4 Å². The monoisotopic (exact) mass is 380 g/mol. The fourth-order valence-electron chi connectivity index (χ4n) is 3.88. The lowest BCUT2D eigenvalue weighted by Crippen LogP contribution is -2.53. The van der Waals surface area contributed by atoms with Gasteiger partial charge in [0, 0.05) is 45.8 Å². The van der Waals surface area contributed by atoms with Gasteiger partial charge in [-0.15, -0.1) is 0 Å². The zero-order chi connectivity index (χ0) is 19.3. The minimum Gasteiger partial charge on any atom is -0.497 e. The molecule has 1 N–H and O–H groups in total. The second-order valence-electron chi connectivity index (χ2n) is 7.37. The first-order valence-electron chi connectivity index (χ1n) is 9.88. The van der Waals surface area contributed by atoms with Gasteiger partial charge in [-0.25, -0.2) is 0 Å². The van der Waals surface area contributed by atoms with Crippen molar-refractivity contribution in [2.24, 2.45) is 0 Å². The van der Waals surface area contributed by atoms with Crippen LogP contribution in [0.2, 0.25) is 0 Å². The maximum absolute atomic E-state index is 5.49. The van der Waals surface area contributed by atoms with Crippen LogP contribution in [0.25, 0.3) is 11.0 Å². The van der Waals surface area contributed by atoms with Crippen LogP contribution < -0.4 is 15.0 Å². The molecule has 6 heteroatoms. The molecule has 1 aromatic heterocycles. The average Bonchev–Trinajstić information content (AvgIpc) is 3.17. The standard InChI is InChI=1S/C22H28N4O2/c1-25(22-20-15-19(27-2)8-9-21(20)28-24-22)12-13-26-11-10-23-16-18(26)14-17-6-4-3-5-7-17/h3-9,15,18,23H,10-14,16H2,1-2H3. The molecule has 1 unspecified atom stereocenters. The van der Waals surface area contributed by atoms with E-state index in [0.717, 1.165) is 61.7 Å². The average molecular weight is 380 g/mol. The summed E-state index contributed by atoms with van der Waals surface area (Å²) in [6, 6.07) is 17.0. The summed E-state index contributed by atoms with van der Waals surface area (Å²) in [5.41, 5.74) is 2.18. The summed E-state index contributed by atoms with van der Waals surface area (Å²) in [5, 5.41) is 8.82. The minimum absolute atomic E-state index is 0.513. The molecule has 1 atom stereocenters. The molecule has 148 valence electrons. The number of rotatable bonds is 7. The van der Waals surface area contributed by atoms with Gasteiger partial charge in [0.1, 0.15) is 5.75 Å². The lowest BCUT2D eigenvalue weighted by atomic mass is 10.0. The first kappa shape index (κ1) is 18.8. The fourth-order valence-corrected chi connectivity index (χ4v) is 3.88. The summed E-state index contributed by atoms with van der Waals surface area (Å²) in [5.74, 6) is 1.68. The quantitative estimate of drug-likeness (QED) is 0.680. The maximum Gasteiger partial charge on any atom is 0.179 e. The summed E-state index contributed by atoms with van der Waals surface area (Å²) >= 11 is 0. The van der Waals surface area contributed by atoms with E-state index in [1.165, 1.54) is 5.56 Å². The first-order chi connectivity index (χ1) is 13.7. The Hall–Kier alpha value is -2.57. The third-order valence-electron chi connectivity index (χ3n) is 5.53. The third kappa shape index (κ3) is 4.13. The number of benzene rings is 2. The van der Waals surface area contributed by atoms with Gasteiger partial charge in [0.05, 0.1) is 12.5 Å². The predicted molar refractivity (Wildman–Crippen MR) is 112 cm³/mol. The highest BCUT2D eigenvalue weighted by Gasteiger charge is 2.23.